The van der Waals surface area contributed by atoms with Gasteiger partial charge in [0.25, 0.3) is 0 Å². The SMILES string of the molecule is Oc1ccc(C2(c3ccc(O)c4ccccc34)c3cccc(-c4cc5ccccc5s4)c3-c3c(-c4cc5ccccc5s4)cccc32)c2ccccc12. The quantitative estimate of drug-likeness (QED) is 0.191. The first-order valence-electron chi connectivity index (χ1n) is 17.8. The van der Waals surface area contributed by atoms with Gasteiger partial charge in [0.15, 0.2) is 0 Å². The Kier molecular flexibility index (Phi) is 6.54. The van der Waals surface area contributed by atoms with Gasteiger partial charge in [0.1, 0.15) is 11.5 Å². The normalized spacial score (nSPS) is 13.2. The van der Waals surface area contributed by atoms with Crippen LogP contribution in [0.2, 0.25) is 0 Å². The summed E-state index contributed by atoms with van der Waals surface area (Å²) in [6.45, 7) is 0. The van der Waals surface area contributed by atoms with Crippen molar-refractivity contribution in [1.82, 2.24) is 0 Å². The van der Waals surface area contributed by atoms with Crippen molar-refractivity contribution >= 4 is 64.4 Å². The zero-order chi connectivity index (χ0) is 35.3. The third kappa shape index (κ3) is 4.25. The number of phenols is 2. The monoisotopic (exact) mass is 714 g/mol. The molecule has 11 rings (SSSR count). The van der Waals surface area contributed by atoms with E-state index >= 15 is 0 Å². The van der Waals surface area contributed by atoms with Crippen LogP contribution in [-0.2, 0) is 5.41 Å². The summed E-state index contributed by atoms with van der Waals surface area (Å²) in [5, 5.41) is 28.6. The summed E-state index contributed by atoms with van der Waals surface area (Å²) in [5.74, 6) is 0.512. The zero-order valence-electron chi connectivity index (χ0n) is 28.4. The highest BCUT2D eigenvalue weighted by Gasteiger charge is 2.49. The summed E-state index contributed by atoms with van der Waals surface area (Å²) < 4.78 is 2.52. The molecule has 0 atom stereocenters. The van der Waals surface area contributed by atoms with Crippen molar-refractivity contribution < 1.29 is 10.2 Å². The molecule has 0 amide bonds. The maximum Gasteiger partial charge on any atom is 0.123 e. The van der Waals surface area contributed by atoms with Crippen LogP contribution in [-0.4, -0.2) is 10.2 Å². The first-order valence-corrected chi connectivity index (χ1v) is 19.4. The van der Waals surface area contributed by atoms with Crippen molar-refractivity contribution in [3.63, 3.8) is 0 Å². The Morgan fingerprint density at radius 2 is 0.774 bits per heavy atom. The molecule has 0 saturated heterocycles. The van der Waals surface area contributed by atoms with E-state index in [1.807, 2.05) is 59.1 Å². The third-order valence-electron chi connectivity index (χ3n) is 11.2. The largest absolute Gasteiger partial charge is 0.507 e. The minimum absolute atomic E-state index is 0.256. The van der Waals surface area contributed by atoms with Gasteiger partial charge in [-0.3, -0.25) is 0 Å². The van der Waals surface area contributed by atoms with Gasteiger partial charge in [-0.25, -0.2) is 0 Å². The summed E-state index contributed by atoms with van der Waals surface area (Å²) in [4.78, 5) is 2.45. The lowest BCUT2D eigenvalue weighted by Gasteiger charge is -2.36. The fourth-order valence-electron chi connectivity index (χ4n) is 9.00. The molecule has 4 heteroatoms. The van der Waals surface area contributed by atoms with Crippen LogP contribution in [0.25, 0.3) is 73.7 Å². The molecule has 0 saturated carbocycles. The Balaban J connectivity index is 1.37. The van der Waals surface area contributed by atoms with Crippen LogP contribution >= 0.6 is 22.7 Å². The van der Waals surface area contributed by atoms with Crippen molar-refractivity contribution in [2.75, 3.05) is 0 Å². The van der Waals surface area contributed by atoms with E-state index in [1.165, 1.54) is 63.3 Å². The number of hydrogen-bond donors (Lipinski definition) is 2. The highest BCUT2D eigenvalue weighted by atomic mass is 32.1. The summed E-state index contributed by atoms with van der Waals surface area (Å²) >= 11 is 3.67. The summed E-state index contributed by atoms with van der Waals surface area (Å²) in [7, 11) is 0. The Labute approximate surface area is 314 Å². The predicted octanol–water partition coefficient (Wildman–Crippen LogP) is 13.5. The molecule has 2 nitrogen and oxygen atoms in total. The van der Waals surface area contributed by atoms with Crippen LogP contribution in [0.15, 0.2) is 170 Å². The van der Waals surface area contributed by atoms with Crippen molar-refractivity contribution in [3.05, 3.63) is 192 Å². The van der Waals surface area contributed by atoms with Gasteiger partial charge in [0.2, 0.25) is 0 Å². The van der Waals surface area contributed by atoms with Crippen molar-refractivity contribution in [3.8, 4) is 43.5 Å². The van der Waals surface area contributed by atoms with E-state index in [4.69, 9.17) is 0 Å². The molecule has 1 aliphatic carbocycles. The number of fused-ring (bicyclic) bond motifs is 7. The Morgan fingerprint density at radius 1 is 0.358 bits per heavy atom. The molecule has 250 valence electrons. The molecule has 10 aromatic rings. The van der Waals surface area contributed by atoms with Crippen molar-refractivity contribution in [1.29, 1.82) is 0 Å². The van der Waals surface area contributed by atoms with Gasteiger partial charge in [0, 0.05) is 29.9 Å². The average Bonchev–Trinajstić information content (AvgIpc) is 3.92. The van der Waals surface area contributed by atoms with E-state index in [9.17, 15) is 10.2 Å². The van der Waals surface area contributed by atoms with Crippen molar-refractivity contribution in [2.24, 2.45) is 0 Å². The van der Waals surface area contributed by atoms with E-state index < -0.39 is 5.41 Å². The highest BCUT2D eigenvalue weighted by Crippen LogP contribution is 2.63. The van der Waals surface area contributed by atoms with Gasteiger partial charge < -0.3 is 10.2 Å². The summed E-state index contributed by atoms with van der Waals surface area (Å²) in [6.07, 6.45) is 0. The minimum Gasteiger partial charge on any atom is -0.507 e. The highest BCUT2D eigenvalue weighted by molar-refractivity contribution is 7.22. The molecule has 1 aliphatic rings. The molecule has 0 unspecified atom stereocenters. The van der Waals surface area contributed by atoms with Gasteiger partial charge in [-0.1, -0.05) is 133 Å². The second-order valence-electron chi connectivity index (χ2n) is 13.9. The number of aromatic hydroxyl groups is 2. The van der Waals surface area contributed by atoms with Gasteiger partial charge in [-0.2, -0.15) is 0 Å². The Morgan fingerprint density at radius 3 is 1.23 bits per heavy atom. The smallest absolute Gasteiger partial charge is 0.123 e. The molecule has 0 radical (unpaired) electrons. The molecule has 8 aromatic carbocycles. The minimum atomic E-state index is -0.815. The van der Waals surface area contributed by atoms with E-state index in [1.54, 1.807) is 0 Å². The summed E-state index contributed by atoms with van der Waals surface area (Å²) in [5.41, 5.74) is 8.56. The molecule has 0 spiro atoms. The van der Waals surface area contributed by atoms with E-state index in [0.717, 1.165) is 32.7 Å². The fraction of sp³-hybridized carbons (Fsp3) is 0.0204. The number of hydrogen-bond acceptors (Lipinski definition) is 4. The standard InChI is InChI=1S/C49H30O2S2/c50-41-25-23-37(31-13-3-5-15-33(31)41)49(38-24-26-42(51)34-16-6-4-14-32(34)38)39-19-9-17-35(45-27-29-11-1-7-21-43(29)52-45)47(39)48-36(18-10-20-40(48)49)46-28-30-12-2-8-22-44(30)53-46/h1-28,50-51H. The lowest BCUT2D eigenvalue weighted by atomic mass is 9.65. The number of phenolic OH excluding ortho intramolecular Hbond substituents is 2. The van der Waals surface area contributed by atoms with E-state index in [2.05, 4.69) is 133 Å². The molecule has 0 aliphatic heterocycles. The van der Waals surface area contributed by atoms with Gasteiger partial charge >= 0.3 is 0 Å². The molecule has 2 aromatic heterocycles. The zero-order valence-corrected chi connectivity index (χ0v) is 30.0. The van der Waals surface area contributed by atoms with Crippen LogP contribution in [0.5, 0.6) is 11.5 Å². The molecular weight excluding hydrogens is 685 g/mol. The van der Waals surface area contributed by atoms with Crippen LogP contribution in [0, 0.1) is 0 Å². The van der Waals surface area contributed by atoms with Crippen LogP contribution in [0.1, 0.15) is 22.3 Å². The third-order valence-corrected chi connectivity index (χ3v) is 13.5. The van der Waals surface area contributed by atoms with Gasteiger partial charge in [-0.05, 0) is 102 Å². The fourth-order valence-corrected chi connectivity index (χ4v) is 11.2. The van der Waals surface area contributed by atoms with Crippen LogP contribution in [0.3, 0.4) is 0 Å². The molecule has 2 heterocycles. The molecule has 53 heavy (non-hydrogen) atoms. The molecule has 2 N–H and O–H groups in total. The number of thiophene rings is 2. The lowest BCUT2D eigenvalue weighted by molar-refractivity contribution is 0.481. The molecular formula is C49H30O2S2. The molecule has 0 bridgehead atoms. The van der Waals surface area contributed by atoms with Crippen molar-refractivity contribution in [2.45, 2.75) is 5.41 Å². The van der Waals surface area contributed by atoms with E-state index in [-0.39, 0.29) is 11.5 Å². The lowest BCUT2D eigenvalue weighted by Crippen LogP contribution is -2.29. The predicted molar refractivity (Wildman–Crippen MR) is 224 cm³/mol. The second-order valence-corrected chi connectivity index (χ2v) is 16.0. The van der Waals surface area contributed by atoms with Gasteiger partial charge in [-0.15, -0.1) is 22.7 Å². The van der Waals surface area contributed by atoms with Crippen LogP contribution in [0.4, 0.5) is 0 Å². The number of benzene rings is 8. The van der Waals surface area contributed by atoms with E-state index in [0.29, 0.717) is 0 Å². The maximum absolute atomic E-state index is 11.3. The first-order chi connectivity index (χ1) is 26.1. The average molecular weight is 715 g/mol. The first kappa shape index (κ1) is 30.4. The maximum atomic E-state index is 11.3. The molecule has 0 fully saturated rings. The number of rotatable bonds is 4. The Hall–Kier alpha value is -6.20. The second kappa shape index (κ2) is 11.4. The topological polar surface area (TPSA) is 40.5 Å². The summed E-state index contributed by atoms with van der Waals surface area (Å²) in [6, 6.07) is 59.9. The van der Waals surface area contributed by atoms with Crippen LogP contribution < -0.4 is 0 Å². The Bertz CT molecular complexity index is 2830. The van der Waals surface area contributed by atoms with Gasteiger partial charge in [0.05, 0.1) is 5.41 Å².